The maximum absolute atomic E-state index is 5.79. The molecule has 0 aliphatic carbocycles. The van der Waals surface area contributed by atoms with E-state index in [2.05, 4.69) is 78.9 Å². The molecular formula is C27H34N2O2. The fraction of sp³-hybridized carbons (Fsp3) is 0.407. The van der Waals surface area contributed by atoms with Gasteiger partial charge < -0.3 is 14.0 Å². The van der Waals surface area contributed by atoms with Crippen molar-refractivity contribution in [3.8, 4) is 11.5 Å². The van der Waals surface area contributed by atoms with Crippen LogP contribution in [0.3, 0.4) is 0 Å². The molecule has 1 aliphatic heterocycles. The fourth-order valence-electron chi connectivity index (χ4n) is 4.56. The van der Waals surface area contributed by atoms with E-state index >= 15 is 0 Å². The van der Waals surface area contributed by atoms with Crippen molar-refractivity contribution in [2.45, 2.75) is 51.7 Å². The molecule has 4 rings (SSSR count). The lowest BCUT2D eigenvalue weighted by atomic mass is 9.86. The fourth-order valence-corrected chi connectivity index (χ4v) is 4.56. The second-order valence-electron chi connectivity index (χ2n) is 9.41. The minimum atomic E-state index is 0.102. The Morgan fingerprint density at radius 3 is 2.39 bits per heavy atom. The summed E-state index contributed by atoms with van der Waals surface area (Å²) in [6.07, 6.45) is 3.31. The number of aryl methyl sites for hydroxylation is 1. The van der Waals surface area contributed by atoms with Crippen molar-refractivity contribution >= 4 is 0 Å². The molecule has 0 saturated carbocycles. The highest BCUT2D eigenvalue weighted by molar-refractivity contribution is 5.45. The monoisotopic (exact) mass is 418 g/mol. The predicted molar refractivity (Wildman–Crippen MR) is 126 cm³/mol. The third-order valence-electron chi connectivity index (χ3n) is 6.29. The Balaban J connectivity index is 1.74. The lowest BCUT2D eigenvalue weighted by molar-refractivity contribution is 0.216. The smallest absolute Gasteiger partial charge is 0.124 e. The van der Waals surface area contributed by atoms with Gasteiger partial charge in [0.1, 0.15) is 11.5 Å². The van der Waals surface area contributed by atoms with Crippen molar-refractivity contribution in [2.75, 3.05) is 20.8 Å². The lowest BCUT2D eigenvalue weighted by Gasteiger charge is -2.32. The summed E-state index contributed by atoms with van der Waals surface area (Å²) in [5, 5.41) is 0. The molecule has 31 heavy (non-hydrogen) atoms. The van der Waals surface area contributed by atoms with Crippen LogP contribution in [0.4, 0.5) is 0 Å². The summed E-state index contributed by atoms with van der Waals surface area (Å²) in [4.78, 5) is 2.57. The summed E-state index contributed by atoms with van der Waals surface area (Å²) in [7, 11) is 3.46. The number of methoxy groups -OCH3 is 2. The van der Waals surface area contributed by atoms with Gasteiger partial charge in [-0.15, -0.1) is 0 Å². The molecule has 1 aliphatic rings. The van der Waals surface area contributed by atoms with Gasteiger partial charge in [0.2, 0.25) is 0 Å². The largest absolute Gasteiger partial charge is 0.497 e. The van der Waals surface area contributed by atoms with Crippen molar-refractivity contribution < 1.29 is 9.47 Å². The van der Waals surface area contributed by atoms with E-state index in [0.717, 1.165) is 43.1 Å². The molecular weight excluding hydrogens is 384 g/mol. The second-order valence-corrected chi connectivity index (χ2v) is 9.41. The van der Waals surface area contributed by atoms with Crippen LogP contribution in [-0.4, -0.2) is 30.2 Å². The molecule has 164 valence electrons. The van der Waals surface area contributed by atoms with Crippen molar-refractivity contribution in [2.24, 2.45) is 0 Å². The Morgan fingerprint density at radius 1 is 0.935 bits per heavy atom. The SMILES string of the molecule is COc1ccc(OC)c(C2c3cccn3CCCN2Cc2ccc(C(C)(C)C)cc2)c1. The van der Waals surface area contributed by atoms with Gasteiger partial charge in [-0.25, -0.2) is 0 Å². The number of fused-ring (bicyclic) bond motifs is 1. The first-order chi connectivity index (χ1) is 14.9. The Bertz CT molecular complexity index is 1010. The molecule has 2 heterocycles. The first-order valence-electron chi connectivity index (χ1n) is 11.1. The van der Waals surface area contributed by atoms with Crippen molar-refractivity contribution in [3.63, 3.8) is 0 Å². The summed E-state index contributed by atoms with van der Waals surface area (Å²) >= 11 is 0. The van der Waals surface area contributed by atoms with Gasteiger partial charge >= 0.3 is 0 Å². The van der Waals surface area contributed by atoms with Gasteiger partial charge in [-0.1, -0.05) is 45.0 Å². The molecule has 1 unspecified atom stereocenters. The minimum absolute atomic E-state index is 0.102. The molecule has 0 fully saturated rings. The van der Waals surface area contributed by atoms with Crippen LogP contribution in [-0.2, 0) is 18.5 Å². The van der Waals surface area contributed by atoms with Crippen LogP contribution in [0.5, 0.6) is 11.5 Å². The van der Waals surface area contributed by atoms with E-state index < -0.39 is 0 Å². The van der Waals surface area contributed by atoms with Crippen LogP contribution in [0.15, 0.2) is 60.8 Å². The number of hydrogen-bond acceptors (Lipinski definition) is 3. The normalized spacial score (nSPS) is 17.1. The zero-order chi connectivity index (χ0) is 22.0. The summed E-state index contributed by atoms with van der Waals surface area (Å²) in [5.74, 6) is 1.75. The number of aromatic nitrogens is 1. The highest BCUT2D eigenvalue weighted by atomic mass is 16.5. The number of rotatable bonds is 5. The predicted octanol–water partition coefficient (Wildman–Crippen LogP) is 5.80. The van der Waals surface area contributed by atoms with Gasteiger partial charge in [0.15, 0.2) is 0 Å². The number of ether oxygens (including phenoxy) is 2. The number of nitrogens with zero attached hydrogens (tertiary/aromatic N) is 2. The van der Waals surface area contributed by atoms with Gasteiger partial charge in [0.05, 0.1) is 20.3 Å². The summed E-state index contributed by atoms with van der Waals surface area (Å²) in [6.45, 7) is 9.72. The summed E-state index contributed by atoms with van der Waals surface area (Å²) in [6, 6.07) is 19.7. The van der Waals surface area contributed by atoms with Crippen LogP contribution in [0.25, 0.3) is 0 Å². The highest BCUT2D eigenvalue weighted by Gasteiger charge is 2.30. The molecule has 1 aromatic heterocycles. The minimum Gasteiger partial charge on any atom is -0.497 e. The van der Waals surface area contributed by atoms with Gasteiger partial charge in [-0.05, 0) is 53.3 Å². The molecule has 3 aromatic rings. The molecule has 0 N–H and O–H groups in total. The average Bonchev–Trinajstić information content (AvgIpc) is 3.14. The van der Waals surface area contributed by atoms with E-state index in [1.54, 1.807) is 14.2 Å². The quantitative estimate of drug-likeness (QED) is 0.524. The highest BCUT2D eigenvalue weighted by Crippen LogP contribution is 2.39. The third kappa shape index (κ3) is 4.49. The maximum atomic E-state index is 5.79. The topological polar surface area (TPSA) is 26.6 Å². The lowest BCUT2D eigenvalue weighted by Crippen LogP contribution is -2.30. The van der Waals surface area contributed by atoms with Crippen molar-refractivity contribution in [3.05, 3.63) is 83.2 Å². The van der Waals surface area contributed by atoms with E-state index in [1.807, 2.05) is 12.1 Å². The standard InChI is InChI=1S/C27H34N2O2/c1-27(2,3)21-11-9-20(10-12-21)19-29-17-7-16-28-15-6-8-24(28)26(29)23-18-22(30-4)13-14-25(23)31-5/h6,8-15,18,26H,7,16-17,19H2,1-5H3. The molecule has 0 amide bonds. The van der Waals surface area contributed by atoms with E-state index in [1.165, 1.54) is 16.8 Å². The molecule has 0 saturated heterocycles. The zero-order valence-electron chi connectivity index (χ0n) is 19.4. The van der Waals surface area contributed by atoms with Crippen molar-refractivity contribution in [1.82, 2.24) is 9.47 Å². The number of benzene rings is 2. The molecule has 2 aromatic carbocycles. The molecule has 0 bridgehead atoms. The average molecular weight is 419 g/mol. The van der Waals surface area contributed by atoms with Crippen LogP contribution in [0.1, 0.15) is 55.6 Å². The van der Waals surface area contributed by atoms with Gasteiger partial charge in [-0.2, -0.15) is 0 Å². The van der Waals surface area contributed by atoms with Crippen LogP contribution < -0.4 is 9.47 Å². The van der Waals surface area contributed by atoms with E-state index in [4.69, 9.17) is 9.47 Å². The molecule has 0 radical (unpaired) electrons. The first-order valence-corrected chi connectivity index (χ1v) is 11.1. The molecule has 4 heteroatoms. The molecule has 4 nitrogen and oxygen atoms in total. The van der Waals surface area contributed by atoms with E-state index in [9.17, 15) is 0 Å². The van der Waals surface area contributed by atoms with Crippen LogP contribution in [0, 0.1) is 0 Å². The second kappa shape index (κ2) is 8.80. The van der Waals surface area contributed by atoms with Gasteiger partial charge in [-0.3, -0.25) is 4.90 Å². The third-order valence-corrected chi connectivity index (χ3v) is 6.29. The summed E-state index contributed by atoms with van der Waals surface area (Å²) in [5.41, 5.74) is 5.32. The number of hydrogen-bond donors (Lipinski definition) is 0. The Labute approximate surface area is 186 Å². The van der Waals surface area contributed by atoms with E-state index in [-0.39, 0.29) is 11.5 Å². The van der Waals surface area contributed by atoms with Gasteiger partial charge in [0.25, 0.3) is 0 Å². The summed E-state index contributed by atoms with van der Waals surface area (Å²) < 4.78 is 13.7. The Hall–Kier alpha value is -2.72. The van der Waals surface area contributed by atoms with Crippen LogP contribution >= 0.6 is 0 Å². The van der Waals surface area contributed by atoms with Crippen molar-refractivity contribution in [1.29, 1.82) is 0 Å². The van der Waals surface area contributed by atoms with Crippen LogP contribution in [0.2, 0.25) is 0 Å². The maximum Gasteiger partial charge on any atom is 0.124 e. The Morgan fingerprint density at radius 2 is 1.71 bits per heavy atom. The zero-order valence-corrected chi connectivity index (χ0v) is 19.4. The molecule has 1 atom stereocenters. The van der Waals surface area contributed by atoms with Gasteiger partial charge in [0, 0.05) is 37.1 Å². The Kier molecular flexibility index (Phi) is 6.10. The van der Waals surface area contributed by atoms with E-state index in [0.29, 0.717) is 0 Å². The first kappa shape index (κ1) is 21.5. The molecule has 0 spiro atoms.